The van der Waals surface area contributed by atoms with E-state index < -0.39 is 5.97 Å². The maximum atomic E-state index is 12.2. The van der Waals surface area contributed by atoms with E-state index in [9.17, 15) is 9.90 Å². The number of carboxylic acids is 1. The number of hydrogen-bond donors (Lipinski definition) is 3. The Balaban J connectivity index is 1.67. The van der Waals surface area contributed by atoms with E-state index >= 15 is 0 Å². The molecule has 5 aromatic rings. The van der Waals surface area contributed by atoms with Crippen LogP contribution >= 0.6 is 0 Å². The largest absolute Gasteiger partial charge is 0.477 e. The molecule has 5 heteroatoms. The topological polar surface area (TPSA) is 78.1 Å². The summed E-state index contributed by atoms with van der Waals surface area (Å²) in [5.74, 6) is 0.395. The van der Waals surface area contributed by atoms with Gasteiger partial charge in [-0.3, -0.25) is 0 Å². The zero-order chi connectivity index (χ0) is 22.1. The number of ether oxygens (including phenoxy) is 1. The van der Waals surface area contributed by atoms with Crippen LogP contribution in [0.5, 0.6) is 11.5 Å². The third-order valence-electron chi connectivity index (χ3n) is 5.64. The summed E-state index contributed by atoms with van der Waals surface area (Å²) in [4.78, 5) is 18.7. The van der Waals surface area contributed by atoms with Gasteiger partial charge < -0.3 is 19.8 Å². The van der Waals surface area contributed by atoms with Crippen LogP contribution in [0, 0.1) is 0 Å². The Labute approximate surface area is 185 Å². The van der Waals surface area contributed by atoms with Crippen LogP contribution < -0.4 is 4.74 Å². The van der Waals surface area contributed by atoms with Crippen LogP contribution in [0.2, 0.25) is 0 Å². The molecule has 0 radical (unpaired) electrons. The molecular formula is C27H22N2O3. The standard InChI is InChI=1S/C27H22N2O3/c1-2-20-24(17-8-6-11-19(16-17)32-18-9-4-3-5-10-18)26(27(30)31)29-25(20)22-12-7-13-23-21(22)14-15-28-23/h3-16,28-29H,2H2,1H3,(H,30,31). The molecule has 0 aliphatic rings. The first kappa shape index (κ1) is 19.7. The van der Waals surface area contributed by atoms with Gasteiger partial charge >= 0.3 is 5.97 Å². The average molecular weight is 422 g/mol. The van der Waals surface area contributed by atoms with Crippen LogP contribution in [0.1, 0.15) is 23.0 Å². The highest BCUT2D eigenvalue weighted by atomic mass is 16.5. The molecule has 0 aliphatic carbocycles. The molecule has 158 valence electrons. The van der Waals surface area contributed by atoms with E-state index in [4.69, 9.17) is 4.74 Å². The molecule has 5 rings (SSSR count). The van der Waals surface area contributed by atoms with Gasteiger partial charge in [0.25, 0.3) is 0 Å². The van der Waals surface area contributed by atoms with Crippen molar-refractivity contribution in [3.63, 3.8) is 0 Å². The van der Waals surface area contributed by atoms with Crippen LogP contribution in [0.25, 0.3) is 33.3 Å². The number of aromatic carboxylic acids is 1. The van der Waals surface area contributed by atoms with E-state index in [2.05, 4.69) is 9.97 Å². The smallest absolute Gasteiger partial charge is 0.352 e. The number of nitrogens with one attached hydrogen (secondary N) is 2. The lowest BCUT2D eigenvalue weighted by molar-refractivity contribution is 0.0692. The Hall–Kier alpha value is -4.25. The molecule has 0 atom stereocenters. The first-order chi connectivity index (χ1) is 15.7. The van der Waals surface area contributed by atoms with Crippen molar-refractivity contribution in [3.8, 4) is 33.9 Å². The van der Waals surface area contributed by atoms with E-state index in [1.807, 2.05) is 92.0 Å². The van der Waals surface area contributed by atoms with E-state index in [1.165, 1.54) is 0 Å². The van der Waals surface area contributed by atoms with Gasteiger partial charge in [-0.15, -0.1) is 0 Å². The van der Waals surface area contributed by atoms with Gasteiger partial charge in [0.1, 0.15) is 17.2 Å². The number of carbonyl (C=O) groups is 1. The minimum atomic E-state index is -0.989. The van der Waals surface area contributed by atoms with Crippen molar-refractivity contribution < 1.29 is 14.6 Å². The highest BCUT2D eigenvalue weighted by molar-refractivity contribution is 6.02. The minimum absolute atomic E-state index is 0.182. The third kappa shape index (κ3) is 3.44. The second-order valence-electron chi connectivity index (χ2n) is 7.57. The maximum absolute atomic E-state index is 12.2. The molecule has 2 heterocycles. The zero-order valence-corrected chi connectivity index (χ0v) is 17.6. The number of aromatic nitrogens is 2. The van der Waals surface area contributed by atoms with E-state index in [-0.39, 0.29) is 5.69 Å². The molecule has 32 heavy (non-hydrogen) atoms. The van der Waals surface area contributed by atoms with Crippen molar-refractivity contribution in [2.45, 2.75) is 13.3 Å². The SMILES string of the molecule is CCc1c(-c2cccc3[nH]ccc23)[nH]c(C(=O)O)c1-c1cccc(Oc2ccccc2)c1. The van der Waals surface area contributed by atoms with E-state index in [0.29, 0.717) is 17.7 Å². The molecule has 3 N–H and O–H groups in total. The average Bonchev–Trinajstić information content (AvgIpc) is 3.44. The molecule has 0 unspecified atom stereocenters. The Morgan fingerprint density at radius 3 is 2.50 bits per heavy atom. The molecule has 2 aromatic heterocycles. The molecule has 3 aromatic carbocycles. The number of para-hydroxylation sites is 1. The second-order valence-corrected chi connectivity index (χ2v) is 7.57. The molecule has 0 spiro atoms. The normalized spacial score (nSPS) is 11.0. The van der Waals surface area contributed by atoms with Crippen molar-refractivity contribution in [1.29, 1.82) is 0 Å². The number of carboxylic acid groups (broad SMARTS) is 1. The highest BCUT2D eigenvalue weighted by Gasteiger charge is 2.24. The van der Waals surface area contributed by atoms with Crippen LogP contribution in [-0.4, -0.2) is 21.0 Å². The fourth-order valence-electron chi connectivity index (χ4n) is 4.24. The first-order valence-electron chi connectivity index (χ1n) is 10.5. The van der Waals surface area contributed by atoms with Crippen molar-refractivity contribution in [2.75, 3.05) is 0 Å². The minimum Gasteiger partial charge on any atom is -0.477 e. The van der Waals surface area contributed by atoms with Gasteiger partial charge in [-0.1, -0.05) is 49.4 Å². The lowest BCUT2D eigenvalue weighted by atomic mass is 9.95. The van der Waals surface area contributed by atoms with Gasteiger partial charge in [0.05, 0.1) is 5.69 Å². The molecule has 0 aliphatic heterocycles. The summed E-state index contributed by atoms with van der Waals surface area (Å²) >= 11 is 0. The van der Waals surface area contributed by atoms with E-state index in [0.717, 1.165) is 39.0 Å². The van der Waals surface area contributed by atoms with Gasteiger partial charge in [0.2, 0.25) is 0 Å². The molecule has 0 bridgehead atoms. The number of H-pyrrole nitrogens is 2. The Morgan fingerprint density at radius 1 is 0.938 bits per heavy atom. The number of fused-ring (bicyclic) bond motifs is 1. The lowest BCUT2D eigenvalue weighted by Gasteiger charge is -2.10. The number of benzene rings is 3. The summed E-state index contributed by atoms with van der Waals surface area (Å²) in [7, 11) is 0. The Morgan fingerprint density at radius 2 is 1.72 bits per heavy atom. The molecule has 0 amide bonds. The molecule has 5 nitrogen and oxygen atoms in total. The quantitative estimate of drug-likeness (QED) is 0.279. The van der Waals surface area contributed by atoms with Gasteiger partial charge in [-0.05, 0) is 53.9 Å². The Bertz CT molecular complexity index is 1410. The third-order valence-corrected chi connectivity index (χ3v) is 5.64. The second kappa shape index (κ2) is 8.12. The van der Waals surface area contributed by atoms with Crippen LogP contribution in [0.4, 0.5) is 0 Å². The van der Waals surface area contributed by atoms with Crippen molar-refractivity contribution in [3.05, 3.63) is 96.3 Å². The fourth-order valence-corrected chi connectivity index (χ4v) is 4.24. The summed E-state index contributed by atoms with van der Waals surface area (Å²) in [6.07, 6.45) is 2.57. The summed E-state index contributed by atoms with van der Waals surface area (Å²) in [6, 6.07) is 25.1. The molecule has 0 fully saturated rings. The summed E-state index contributed by atoms with van der Waals surface area (Å²) in [5, 5.41) is 11.1. The fraction of sp³-hybridized carbons (Fsp3) is 0.0741. The molecular weight excluding hydrogens is 400 g/mol. The maximum Gasteiger partial charge on any atom is 0.352 e. The number of rotatable bonds is 6. The first-order valence-corrected chi connectivity index (χ1v) is 10.5. The van der Waals surface area contributed by atoms with Crippen LogP contribution in [0.3, 0.4) is 0 Å². The van der Waals surface area contributed by atoms with Gasteiger partial charge in [-0.2, -0.15) is 0 Å². The number of hydrogen-bond acceptors (Lipinski definition) is 2. The highest BCUT2D eigenvalue weighted by Crippen LogP contribution is 2.39. The lowest BCUT2D eigenvalue weighted by Crippen LogP contribution is -1.99. The van der Waals surface area contributed by atoms with Gasteiger partial charge in [-0.25, -0.2) is 4.79 Å². The molecule has 0 saturated carbocycles. The van der Waals surface area contributed by atoms with Gasteiger partial charge in [0.15, 0.2) is 0 Å². The predicted molar refractivity (Wildman–Crippen MR) is 126 cm³/mol. The monoisotopic (exact) mass is 422 g/mol. The Kier molecular flexibility index (Phi) is 5.00. The van der Waals surface area contributed by atoms with Crippen molar-refractivity contribution in [2.24, 2.45) is 0 Å². The number of aromatic amines is 2. The summed E-state index contributed by atoms with van der Waals surface area (Å²) < 4.78 is 5.99. The van der Waals surface area contributed by atoms with E-state index in [1.54, 1.807) is 0 Å². The van der Waals surface area contributed by atoms with Crippen molar-refractivity contribution in [1.82, 2.24) is 9.97 Å². The van der Waals surface area contributed by atoms with Crippen LogP contribution in [0.15, 0.2) is 85.1 Å². The van der Waals surface area contributed by atoms with Gasteiger partial charge in [0, 0.05) is 28.2 Å². The summed E-state index contributed by atoms with van der Waals surface area (Å²) in [6.45, 7) is 2.05. The van der Waals surface area contributed by atoms with Crippen molar-refractivity contribution >= 4 is 16.9 Å². The summed E-state index contributed by atoms with van der Waals surface area (Å²) in [5.41, 5.74) is 5.47. The predicted octanol–water partition coefficient (Wildman–Crippen LogP) is 6.88. The molecule has 0 saturated heterocycles. The van der Waals surface area contributed by atoms with Crippen LogP contribution in [-0.2, 0) is 6.42 Å². The zero-order valence-electron chi connectivity index (χ0n) is 17.6.